The Hall–Kier alpha value is -1.20. The van der Waals surface area contributed by atoms with Gasteiger partial charge in [-0.1, -0.05) is 44.2 Å². The standard InChI is InChI=1S/C16H24F2N2O.ClH/c1-15(2,14(21)20-12-16(17,18)11-19)10-6-9-13-7-4-3-5-8-13;/h3-5,7-8H,6,9-12,19H2,1-2H3,(H,20,21);1H. The van der Waals surface area contributed by atoms with Gasteiger partial charge in [-0.15, -0.1) is 12.4 Å². The first-order valence-corrected chi connectivity index (χ1v) is 7.17. The Morgan fingerprint density at radius 2 is 1.82 bits per heavy atom. The molecular weight excluding hydrogens is 310 g/mol. The predicted molar refractivity (Wildman–Crippen MR) is 87.4 cm³/mol. The summed E-state index contributed by atoms with van der Waals surface area (Å²) < 4.78 is 26.1. The van der Waals surface area contributed by atoms with Crippen molar-refractivity contribution in [1.29, 1.82) is 0 Å². The lowest BCUT2D eigenvalue weighted by Crippen LogP contribution is -2.45. The van der Waals surface area contributed by atoms with Crippen LogP contribution in [0.1, 0.15) is 32.3 Å². The number of carbonyl (C=O) groups excluding carboxylic acids is 1. The maximum atomic E-state index is 13.0. The summed E-state index contributed by atoms with van der Waals surface area (Å²) >= 11 is 0. The molecule has 22 heavy (non-hydrogen) atoms. The molecule has 3 N–H and O–H groups in total. The number of aryl methyl sites for hydroxylation is 1. The number of carbonyl (C=O) groups is 1. The number of hydrogen-bond donors (Lipinski definition) is 2. The Labute approximate surface area is 137 Å². The smallest absolute Gasteiger partial charge is 0.277 e. The molecule has 3 nitrogen and oxygen atoms in total. The lowest BCUT2D eigenvalue weighted by atomic mass is 9.85. The number of rotatable bonds is 8. The fourth-order valence-electron chi connectivity index (χ4n) is 2.01. The number of benzene rings is 1. The van der Waals surface area contributed by atoms with Gasteiger partial charge in [0.25, 0.3) is 5.92 Å². The van der Waals surface area contributed by atoms with Crippen LogP contribution in [0.4, 0.5) is 8.78 Å². The molecule has 1 aromatic carbocycles. The summed E-state index contributed by atoms with van der Waals surface area (Å²) in [6.07, 6.45) is 2.34. The summed E-state index contributed by atoms with van der Waals surface area (Å²) in [5.74, 6) is -3.40. The van der Waals surface area contributed by atoms with Crippen LogP contribution in [-0.2, 0) is 11.2 Å². The van der Waals surface area contributed by atoms with Crippen molar-refractivity contribution in [2.24, 2.45) is 11.1 Å². The minimum atomic E-state index is -3.05. The second-order valence-corrected chi connectivity index (χ2v) is 5.97. The second kappa shape index (κ2) is 9.06. The fourth-order valence-corrected chi connectivity index (χ4v) is 2.01. The first-order valence-electron chi connectivity index (χ1n) is 7.17. The van der Waals surface area contributed by atoms with Crippen molar-refractivity contribution in [3.63, 3.8) is 0 Å². The summed E-state index contributed by atoms with van der Waals surface area (Å²) in [4.78, 5) is 12.0. The number of amides is 1. The Bertz CT molecular complexity index is 453. The zero-order valence-corrected chi connectivity index (χ0v) is 13.9. The van der Waals surface area contributed by atoms with Gasteiger partial charge in [-0.05, 0) is 24.8 Å². The van der Waals surface area contributed by atoms with Gasteiger partial charge in [-0.3, -0.25) is 4.79 Å². The van der Waals surface area contributed by atoms with Crippen molar-refractivity contribution >= 4 is 18.3 Å². The normalized spacial score (nSPS) is 11.7. The Morgan fingerprint density at radius 1 is 1.23 bits per heavy atom. The molecule has 1 amide bonds. The van der Waals surface area contributed by atoms with E-state index in [1.807, 2.05) is 30.3 Å². The van der Waals surface area contributed by atoms with Crippen LogP contribution in [0, 0.1) is 5.41 Å². The maximum Gasteiger partial charge on any atom is 0.277 e. The van der Waals surface area contributed by atoms with E-state index >= 15 is 0 Å². The summed E-state index contributed by atoms with van der Waals surface area (Å²) in [6, 6.07) is 9.98. The van der Waals surface area contributed by atoms with Gasteiger partial charge in [0.2, 0.25) is 5.91 Å². The van der Waals surface area contributed by atoms with Crippen LogP contribution in [-0.4, -0.2) is 24.9 Å². The summed E-state index contributed by atoms with van der Waals surface area (Å²) in [7, 11) is 0. The van der Waals surface area contributed by atoms with Gasteiger partial charge in [-0.2, -0.15) is 0 Å². The van der Waals surface area contributed by atoms with E-state index in [4.69, 9.17) is 5.73 Å². The largest absolute Gasteiger partial charge is 0.350 e. The molecule has 0 unspecified atom stereocenters. The van der Waals surface area contributed by atoms with E-state index in [0.717, 1.165) is 12.8 Å². The lowest BCUT2D eigenvalue weighted by molar-refractivity contribution is -0.131. The number of alkyl halides is 2. The third kappa shape index (κ3) is 7.18. The molecule has 0 heterocycles. The molecule has 0 saturated heterocycles. The molecule has 6 heteroatoms. The number of hydrogen-bond acceptors (Lipinski definition) is 2. The van der Waals surface area contributed by atoms with Crippen molar-refractivity contribution in [2.75, 3.05) is 13.1 Å². The Balaban J connectivity index is 0.00000441. The maximum absolute atomic E-state index is 13.0. The predicted octanol–water partition coefficient (Wildman–Crippen LogP) is 3.17. The van der Waals surface area contributed by atoms with Gasteiger partial charge in [0.15, 0.2) is 0 Å². The van der Waals surface area contributed by atoms with Gasteiger partial charge < -0.3 is 11.1 Å². The molecule has 0 fully saturated rings. The molecule has 1 aromatic rings. The minimum Gasteiger partial charge on any atom is -0.350 e. The highest BCUT2D eigenvalue weighted by Crippen LogP contribution is 2.24. The Morgan fingerprint density at radius 3 is 2.36 bits per heavy atom. The fraction of sp³-hybridized carbons (Fsp3) is 0.562. The van der Waals surface area contributed by atoms with E-state index in [1.165, 1.54) is 5.56 Å². The number of nitrogens with one attached hydrogen (secondary N) is 1. The molecule has 0 radical (unpaired) electrons. The van der Waals surface area contributed by atoms with Gasteiger partial charge in [0, 0.05) is 5.41 Å². The van der Waals surface area contributed by atoms with E-state index in [1.54, 1.807) is 13.8 Å². The molecule has 0 aliphatic carbocycles. The molecule has 0 aliphatic rings. The van der Waals surface area contributed by atoms with Gasteiger partial charge >= 0.3 is 0 Å². The molecule has 1 rings (SSSR count). The minimum absolute atomic E-state index is 0. The average Bonchev–Trinajstić information content (AvgIpc) is 2.45. The zero-order chi connectivity index (χ0) is 15.9. The first-order chi connectivity index (χ1) is 9.77. The van der Waals surface area contributed by atoms with Crippen LogP contribution in [0.2, 0.25) is 0 Å². The van der Waals surface area contributed by atoms with Crippen LogP contribution in [0.3, 0.4) is 0 Å². The monoisotopic (exact) mass is 334 g/mol. The van der Waals surface area contributed by atoms with E-state index in [2.05, 4.69) is 5.32 Å². The van der Waals surface area contributed by atoms with E-state index in [0.29, 0.717) is 6.42 Å². The van der Waals surface area contributed by atoms with Crippen molar-refractivity contribution in [3.8, 4) is 0 Å². The van der Waals surface area contributed by atoms with Crippen molar-refractivity contribution in [3.05, 3.63) is 35.9 Å². The SMILES string of the molecule is CC(C)(CCCc1ccccc1)C(=O)NCC(F)(F)CN.Cl. The first kappa shape index (κ1) is 20.8. The topological polar surface area (TPSA) is 55.1 Å². The van der Waals surface area contributed by atoms with Crippen LogP contribution < -0.4 is 11.1 Å². The van der Waals surface area contributed by atoms with E-state index in [-0.39, 0.29) is 18.3 Å². The molecule has 0 aromatic heterocycles. The molecule has 0 saturated carbocycles. The van der Waals surface area contributed by atoms with Gasteiger partial charge in [-0.25, -0.2) is 8.78 Å². The van der Waals surface area contributed by atoms with Crippen LogP contribution in [0.5, 0.6) is 0 Å². The van der Waals surface area contributed by atoms with Gasteiger partial charge in [0.1, 0.15) is 0 Å². The van der Waals surface area contributed by atoms with Crippen molar-refractivity contribution in [1.82, 2.24) is 5.32 Å². The highest BCUT2D eigenvalue weighted by Gasteiger charge is 2.32. The molecule has 0 atom stereocenters. The third-order valence-corrected chi connectivity index (χ3v) is 3.53. The molecular formula is C16H25ClF2N2O. The Kier molecular flexibility index (Phi) is 8.56. The van der Waals surface area contributed by atoms with Crippen LogP contribution >= 0.6 is 12.4 Å². The third-order valence-electron chi connectivity index (χ3n) is 3.53. The van der Waals surface area contributed by atoms with E-state index < -0.39 is 24.4 Å². The highest BCUT2D eigenvalue weighted by molar-refractivity contribution is 5.85. The summed E-state index contributed by atoms with van der Waals surface area (Å²) in [5.41, 5.74) is 5.49. The number of nitrogens with two attached hydrogens (primary N) is 1. The average molecular weight is 335 g/mol. The van der Waals surface area contributed by atoms with Gasteiger partial charge in [0.05, 0.1) is 13.1 Å². The number of halogens is 3. The quantitative estimate of drug-likeness (QED) is 0.767. The zero-order valence-electron chi connectivity index (χ0n) is 13.1. The molecule has 126 valence electrons. The second-order valence-electron chi connectivity index (χ2n) is 5.97. The molecule has 0 bridgehead atoms. The van der Waals surface area contributed by atoms with E-state index in [9.17, 15) is 13.6 Å². The van der Waals surface area contributed by atoms with Crippen LogP contribution in [0.15, 0.2) is 30.3 Å². The summed E-state index contributed by atoms with van der Waals surface area (Å²) in [6.45, 7) is 2.08. The van der Waals surface area contributed by atoms with Crippen LogP contribution in [0.25, 0.3) is 0 Å². The van der Waals surface area contributed by atoms with Crippen molar-refractivity contribution in [2.45, 2.75) is 39.0 Å². The molecule has 0 aliphatic heterocycles. The summed E-state index contributed by atoms with van der Waals surface area (Å²) in [5, 5.41) is 2.29. The van der Waals surface area contributed by atoms with Crippen molar-refractivity contribution < 1.29 is 13.6 Å². The highest BCUT2D eigenvalue weighted by atomic mass is 35.5. The molecule has 0 spiro atoms. The lowest BCUT2D eigenvalue weighted by Gasteiger charge is -2.25.